The van der Waals surface area contributed by atoms with Crippen molar-refractivity contribution in [2.45, 2.75) is 69.2 Å². The third-order valence-corrected chi connectivity index (χ3v) is 8.23. The standard InChI is InChI=1S/C23H32N2O5/c1-11(2)19(22(27)28)24-14-6-5-13-15-9-12-17(29-4)10-16(26)20-18(12)23(13,21(14)30-20)7-8-25(15)3/h10-11,13-15,19,21,24,26H,5-9H2,1-4H3,(H,27,28)/t13-,14+,15+,19+,21-,23-/m0/s1. The van der Waals surface area contributed by atoms with Crippen LogP contribution in [0.2, 0.25) is 0 Å². The van der Waals surface area contributed by atoms with E-state index in [-0.39, 0.29) is 29.2 Å². The van der Waals surface area contributed by atoms with Crippen LogP contribution in [-0.2, 0) is 16.6 Å². The van der Waals surface area contributed by atoms with Crippen LogP contribution in [0.25, 0.3) is 0 Å². The number of carboxylic acid groups (broad SMARTS) is 1. The summed E-state index contributed by atoms with van der Waals surface area (Å²) in [6.07, 6.45) is 3.55. The number of hydrogen-bond donors (Lipinski definition) is 3. The van der Waals surface area contributed by atoms with E-state index in [0.717, 1.165) is 49.1 Å². The van der Waals surface area contributed by atoms with Gasteiger partial charge in [0.05, 0.1) is 7.11 Å². The minimum Gasteiger partial charge on any atom is -0.504 e. The van der Waals surface area contributed by atoms with Gasteiger partial charge in [-0.2, -0.15) is 0 Å². The minimum absolute atomic E-state index is 0.0258. The molecule has 7 nitrogen and oxygen atoms in total. The molecule has 1 spiro atoms. The number of aliphatic carboxylic acids is 1. The summed E-state index contributed by atoms with van der Waals surface area (Å²) >= 11 is 0. The van der Waals surface area contributed by atoms with Crippen LogP contribution in [-0.4, -0.2) is 66.0 Å². The smallest absolute Gasteiger partial charge is 0.320 e. The largest absolute Gasteiger partial charge is 0.504 e. The van der Waals surface area contributed by atoms with Crippen LogP contribution >= 0.6 is 0 Å². The highest BCUT2D eigenvalue weighted by molar-refractivity contribution is 5.74. The van der Waals surface area contributed by atoms with E-state index in [4.69, 9.17) is 9.47 Å². The molecule has 1 saturated carbocycles. The van der Waals surface area contributed by atoms with Gasteiger partial charge in [-0.1, -0.05) is 13.8 Å². The van der Waals surface area contributed by atoms with Crippen molar-refractivity contribution in [1.82, 2.24) is 10.2 Å². The molecule has 2 aliphatic carbocycles. The van der Waals surface area contributed by atoms with E-state index in [1.165, 1.54) is 0 Å². The van der Waals surface area contributed by atoms with Crippen LogP contribution < -0.4 is 14.8 Å². The zero-order valence-corrected chi connectivity index (χ0v) is 18.1. The summed E-state index contributed by atoms with van der Waals surface area (Å²) in [6.45, 7) is 4.83. The summed E-state index contributed by atoms with van der Waals surface area (Å²) < 4.78 is 12.2. The Morgan fingerprint density at radius 1 is 1.40 bits per heavy atom. The fourth-order valence-electron chi connectivity index (χ4n) is 6.92. The second-order valence-corrected chi connectivity index (χ2v) is 9.88. The number of likely N-dealkylation sites (N-methyl/N-ethyl adjacent to an activating group) is 1. The first kappa shape index (κ1) is 19.9. The number of likely N-dealkylation sites (tertiary alicyclic amines) is 1. The van der Waals surface area contributed by atoms with Crippen molar-refractivity contribution < 1.29 is 24.5 Å². The summed E-state index contributed by atoms with van der Waals surface area (Å²) in [5.41, 5.74) is 2.07. The molecule has 7 heteroatoms. The summed E-state index contributed by atoms with van der Waals surface area (Å²) in [7, 11) is 3.85. The van der Waals surface area contributed by atoms with Gasteiger partial charge in [-0.25, -0.2) is 0 Å². The number of phenolic OH excluding ortho intramolecular Hbond substituents is 1. The Morgan fingerprint density at radius 2 is 2.17 bits per heavy atom. The zero-order chi connectivity index (χ0) is 21.4. The first-order valence-corrected chi connectivity index (χ1v) is 11.1. The average molecular weight is 417 g/mol. The number of aromatic hydroxyl groups is 1. The maximum Gasteiger partial charge on any atom is 0.320 e. The lowest BCUT2D eigenvalue weighted by molar-refractivity contribution is -0.141. The average Bonchev–Trinajstić information content (AvgIpc) is 3.05. The Labute approximate surface area is 177 Å². The summed E-state index contributed by atoms with van der Waals surface area (Å²) in [5, 5.41) is 24.0. The summed E-state index contributed by atoms with van der Waals surface area (Å²) in [5.74, 6) is 1.03. The van der Waals surface area contributed by atoms with Crippen molar-refractivity contribution in [2.24, 2.45) is 11.8 Å². The number of hydrogen-bond acceptors (Lipinski definition) is 6. The van der Waals surface area contributed by atoms with E-state index >= 15 is 0 Å². The predicted molar refractivity (Wildman–Crippen MR) is 111 cm³/mol. The van der Waals surface area contributed by atoms with Crippen molar-refractivity contribution in [3.8, 4) is 17.2 Å². The number of ether oxygens (including phenoxy) is 2. The van der Waals surface area contributed by atoms with Gasteiger partial charge in [0, 0.05) is 34.7 Å². The summed E-state index contributed by atoms with van der Waals surface area (Å²) in [4.78, 5) is 14.3. The fourth-order valence-corrected chi connectivity index (χ4v) is 6.92. The number of nitrogens with zero attached hydrogens (tertiary/aromatic N) is 1. The van der Waals surface area contributed by atoms with Gasteiger partial charge < -0.3 is 24.6 Å². The number of phenols is 1. The minimum atomic E-state index is -0.824. The molecule has 30 heavy (non-hydrogen) atoms. The number of nitrogens with one attached hydrogen (secondary N) is 1. The molecule has 4 aliphatic rings. The lowest BCUT2D eigenvalue weighted by Crippen LogP contribution is -2.69. The Kier molecular flexibility index (Phi) is 4.49. The first-order valence-electron chi connectivity index (χ1n) is 11.1. The number of methoxy groups -OCH3 is 1. The molecule has 2 fully saturated rings. The molecule has 6 atom stereocenters. The van der Waals surface area contributed by atoms with E-state index in [2.05, 4.69) is 17.3 Å². The van der Waals surface area contributed by atoms with Crippen LogP contribution in [0.15, 0.2) is 6.07 Å². The molecule has 1 aromatic carbocycles. The molecule has 3 N–H and O–H groups in total. The van der Waals surface area contributed by atoms with Gasteiger partial charge in [-0.05, 0) is 51.1 Å². The highest BCUT2D eigenvalue weighted by atomic mass is 16.5. The number of piperidine rings is 1. The van der Waals surface area contributed by atoms with Gasteiger partial charge in [0.15, 0.2) is 11.5 Å². The van der Waals surface area contributed by atoms with Crippen LogP contribution in [0, 0.1) is 11.8 Å². The third-order valence-electron chi connectivity index (χ3n) is 8.23. The fraction of sp³-hybridized carbons (Fsp3) is 0.696. The zero-order valence-electron chi connectivity index (χ0n) is 18.1. The highest BCUT2D eigenvalue weighted by Gasteiger charge is 2.66. The maximum atomic E-state index is 11.9. The predicted octanol–water partition coefficient (Wildman–Crippen LogP) is 2.14. The molecule has 2 heterocycles. The van der Waals surface area contributed by atoms with E-state index in [1.807, 2.05) is 13.8 Å². The number of benzene rings is 1. The normalized spacial score (nSPS) is 35.0. The molecule has 2 aliphatic heterocycles. The van der Waals surface area contributed by atoms with Crippen molar-refractivity contribution in [3.63, 3.8) is 0 Å². The van der Waals surface area contributed by atoms with E-state index in [1.54, 1.807) is 13.2 Å². The monoisotopic (exact) mass is 416 g/mol. The molecule has 5 rings (SSSR count). The Balaban J connectivity index is 1.64. The molecule has 164 valence electrons. The van der Waals surface area contributed by atoms with Crippen LogP contribution in [0.3, 0.4) is 0 Å². The second kappa shape index (κ2) is 6.76. The van der Waals surface area contributed by atoms with Crippen molar-refractivity contribution in [1.29, 1.82) is 0 Å². The second-order valence-electron chi connectivity index (χ2n) is 9.88. The molecular formula is C23H32N2O5. The van der Waals surface area contributed by atoms with Gasteiger partial charge in [0.25, 0.3) is 0 Å². The molecule has 0 unspecified atom stereocenters. The third kappa shape index (κ3) is 2.48. The Morgan fingerprint density at radius 3 is 2.83 bits per heavy atom. The van der Waals surface area contributed by atoms with Gasteiger partial charge >= 0.3 is 5.97 Å². The first-order chi connectivity index (χ1) is 14.3. The molecule has 0 aromatic heterocycles. The van der Waals surface area contributed by atoms with Crippen LogP contribution in [0.4, 0.5) is 0 Å². The molecule has 1 aromatic rings. The molecular weight excluding hydrogens is 384 g/mol. The number of carbonyl (C=O) groups is 1. The lowest BCUT2D eigenvalue weighted by atomic mass is 9.51. The maximum absolute atomic E-state index is 11.9. The van der Waals surface area contributed by atoms with Crippen molar-refractivity contribution >= 4 is 5.97 Å². The van der Waals surface area contributed by atoms with E-state index in [0.29, 0.717) is 17.7 Å². The van der Waals surface area contributed by atoms with E-state index < -0.39 is 12.0 Å². The lowest BCUT2D eigenvalue weighted by Gasteiger charge is -2.59. The van der Waals surface area contributed by atoms with Crippen LogP contribution in [0.1, 0.15) is 44.2 Å². The van der Waals surface area contributed by atoms with Gasteiger partial charge in [0.2, 0.25) is 0 Å². The Bertz CT molecular complexity index is 887. The molecule has 0 radical (unpaired) electrons. The van der Waals surface area contributed by atoms with Crippen molar-refractivity contribution in [2.75, 3.05) is 20.7 Å². The quantitative estimate of drug-likeness (QED) is 0.677. The van der Waals surface area contributed by atoms with E-state index in [9.17, 15) is 15.0 Å². The summed E-state index contributed by atoms with van der Waals surface area (Å²) in [6, 6.07) is 1.39. The molecule has 2 bridgehead atoms. The highest BCUT2D eigenvalue weighted by Crippen LogP contribution is 2.65. The van der Waals surface area contributed by atoms with Gasteiger partial charge in [-0.3, -0.25) is 10.1 Å². The van der Waals surface area contributed by atoms with Crippen LogP contribution in [0.5, 0.6) is 17.2 Å². The number of carboxylic acids is 1. The molecule has 1 saturated heterocycles. The SMILES string of the molecule is COc1cc(O)c2c3c1C[C@@H]1[C@@H]4CC[C@@H](N[C@@H](C(=O)O)C(C)C)[C@H](O2)[C@]34CCN1C. The topological polar surface area (TPSA) is 91.3 Å². The molecule has 0 amide bonds. The Hall–Kier alpha value is -1.99. The van der Waals surface area contributed by atoms with Crippen molar-refractivity contribution in [3.05, 3.63) is 17.2 Å². The number of rotatable bonds is 5. The van der Waals surface area contributed by atoms with Gasteiger partial charge in [-0.15, -0.1) is 0 Å². The van der Waals surface area contributed by atoms with Gasteiger partial charge in [0.1, 0.15) is 17.9 Å².